The number of para-hydroxylation sites is 2. The van der Waals surface area contributed by atoms with E-state index in [1.165, 1.54) is 4.88 Å². The summed E-state index contributed by atoms with van der Waals surface area (Å²) >= 11 is 1.59. The lowest BCUT2D eigenvalue weighted by molar-refractivity contribution is 0.0696. The summed E-state index contributed by atoms with van der Waals surface area (Å²) in [5.41, 5.74) is 6.28. The maximum Gasteiger partial charge on any atom is 0.339 e. The molecule has 7 heteroatoms. The van der Waals surface area contributed by atoms with Crippen molar-refractivity contribution in [1.29, 1.82) is 5.26 Å². The molecule has 0 fully saturated rings. The van der Waals surface area contributed by atoms with Gasteiger partial charge < -0.3 is 14.7 Å². The van der Waals surface area contributed by atoms with Crippen LogP contribution >= 0.6 is 11.3 Å². The molecule has 2 N–H and O–H groups in total. The number of rotatable bonds is 4. The highest BCUT2D eigenvalue weighted by atomic mass is 32.1. The Labute approximate surface area is 189 Å². The third-order valence-electron chi connectivity index (χ3n) is 6.10. The van der Waals surface area contributed by atoms with E-state index in [0.29, 0.717) is 17.0 Å². The van der Waals surface area contributed by atoms with E-state index in [2.05, 4.69) is 16.0 Å². The molecule has 0 atom stereocenters. The van der Waals surface area contributed by atoms with Crippen molar-refractivity contribution >= 4 is 40.0 Å². The first kappa shape index (κ1) is 20.3. The Morgan fingerprint density at radius 3 is 2.81 bits per heavy atom. The minimum atomic E-state index is -0.871. The third kappa shape index (κ3) is 3.24. The molecule has 0 bridgehead atoms. The Morgan fingerprint density at radius 1 is 1.28 bits per heavy atom. The molecule has 0 radical (unpaired) electrons. The van der Waals surface area contributed by atoms with Gasteiger partial charge in [-0.25, -0.2) is 9.78 Å². The number of aryl methyl sites for hydroxylation is 2. The third-order valence-corrected chi connectivity index (χ3v) is 7.38. The van der Waals surface area contributed by atoms with Crippen LogP contribution in [0.3, 0.4) is 0 Å². The first-order chi connectivity index (χ1) is 15.5. The summed E-state index contributed by atoms with van der Waals surface area (Å²) < 4.78 is 2.02. The van der Waals surface area contributed by atoms with Crippen LogP contribution in [0.2, 0.25) is 0 Å². The fraction of sp³-hybridized carbons (Fsp3) is 0.240. The van der Waals surface area contributed by atoms with Crippen molar-refractivity contribution in [2.45, 2.75) is 39.5 Å². The molecule has 4 aromatic rings. The molecule has 0 spiro atoms. The molecule has 0 saturated carbocycles. The van der Waals surface area contributed by atoms with Crippen LogP contribution in [0, 0.1) is 25.2 Å². The predicted molar refractivity (Wildman–Crippen MR) is 126 cm³/mol. The molecule has 0 unspecified atom stereocenters. The number of aromatic amines is 1. The number of allylic oxidation sites excluding steroid dienone is 1. The number of thiophene rings is 1. The summed E-state index contributed by atoms with van der Waals surface area (Å²) in [6.07, 6.45) is 5.72. The fourth-order valence-electron chi connectivity index (χ4n) is 4.57. The number of hydrogen-bond donors (Lipinski definition) is 2. The number of carbonyl (C=O) groups is 1. The number of carboxylic acid groups (broad SMARTS) is 1. The monoisotopic (exact) mass is 442 g/mol. The molecule has 3 aromatic heterocycles. The van der Waals surface area contributed by atoms with Gasteiger partial charge in [-0.2, -0.15) is 5.26 Å². The molecule has 0 amide bonds. The number of imidazole rings is 1. The van der Waals surface area contributed by atoms with Gasteiger partial charge in [0.15, 0.2) is 0 Å². The first-order valence-corrected chi connectivity index (χ1v) is 11.4. The largest absolute Gasteiger partial charge is 0.478 e. The summed E-state index contributed by atoms with van der Waals surface area (Å²) in [6, 6.07) is 11.9. The molecule has 3 heterocycles. The summed E-state index contributed by atoms with van der Waals surface area (Å²) in [7, 11) is 0. The molecule has 32 heavy (non-hydrogen) atoms. The Kier molecular flexibility index (Phi) is 4.95. The summed E-state index contributed by atoms with van der Waals surface area (Å²) in [5.74, 6) is -0.347. The highest BCUT2D eigenvalue weighted by Crippen LogP contribution is 2.39. The Balaban J connectivity index is 1.63. The van der Waals surface area contributed by atoms with Crippen LogP contribution < -0.4 is 0 Å². The molecule has 0 saturated heterocycles. The molecule has 160 valence electrons. The molecule has 6 nitrogen and oxygen atoms in total. The first-order valence-electron chi connectivity index (χ1n) is 10.6. The smallest absolute Gasteiger partial charge is 0.339 e. The number of fused-ring (bicyclic) bond motifs is 2. The number of carboxylic acids is 1. The molecular formula is C25H22N4O2S. The van der Waals surface area contributed by atoms with Gasteiger partial charge in [0.05, 0.1) is 22.2 Å². The molecule has 1 aliphatic rings. The zero-order valence-electron chi connectivity index (χ0n) is 17.9. The highest BCUT2D eigenvalue weighted by Gasteiger charge is 2.27. The number of nitrogens with zero attached hydrogens (tertiary/aromatic N) is 3. The summed E-state index contributed by atoms with van der Waals surface area (Å²) in [5, 5.41) is 20.6. The Morgan fingerprint density at radius 2 is 2.06 bits per heavy atom. The second-order valence-corrected chi connectivity index (χ2v) is 9.21. The van der Waals surface area contributed by atoms with Crippen molar-refractivity contribution in [3.63, 3.8) is 0 Å². The SMILES string of the molecule is Cc1cc(/C=C(/C#N)c2nc3ccccc3[nH]2)c(C)n1-c1sc2c(c1C(=O)O)CCCC2. The van der Waals surface area contributed by atoms with Crippen LogP contribution in [0.25, 0.3) is 27.7 Å². The van der Waals surface area contributed by atoms with Crippen molar-refractivity contribution in [2.24, 2.45) is 0 Å². The van der Waals surface area contributed by atoms with Gasteiger partial charge in [-0.15, -0.1) is 11.3 Å². The quantitative estimate of drug-likeness (QED) is 0.398. The van der Waals surface area contributed by atoms with E-state index < -0.39 is 5.97 Å². The van der Waals surface area contributed by atoms with Gasteiger partial charge in [0.1, 0.15) is 16.9 Å². The Bertz CT molecular complexity index is 1410. The number of benzene rings is 1. The van der Waals surface area contributed by atoms with Crippen molar-refractivity contribution in [1.82, 2.24) is 14.5 Å². The van der Waals surface area contributed by atoms with E-state index >= 15 is 0 Å². The van der Waals surface area contributed by atoms with Gasteiger partial charge >= 0.3 is 5.97 Å². The summed E-state index contributed by atoms with van der Waals surface area (Å²) in [6.45, 7) is 3.94. The Hall–Kier alpha value is -3.63. The van der Waals surface area contributed by atoms with Crippen LogP contribution in [-0.4, -0.2) is 25.6 Å². The number of hydrogen-bond acceptors (Lipinski definition) is 4. The number of aromatic carboxylic acids is 1. The van der Waals surface area contributed by atoms with Gasteiger partial charge in [-0.05, 0) is 74.9 Å². The van der Waals surface area contributed by atoms with Crippen LogP contribution in [0.4, 0.5) is 0 Å². The predicted octanol–water partition coefficient (Wildman–Crippen LogP) is 5.67. The van der Waals surface area contributed by atoms with Crippen LogP contribution in [-0.2, 0) is 12.8 Å². The molecular weight excluding hydrogens is 420 g/mol. The second kappa shape index (κ2) is 7.81. The number of H-pyrrole nitrogens is 1. The fourth-order valence-corrected chi connectivity index (χ4v) is 6.06. The summed E-state index contributed by atoms with van der Waals surface area (Å²) in [4.78, 5) is 21.1. The van der Waals surface area contributed by atoms with Gasteiger partial charge in [0, 0.05) is 16.3 Å². The zero-order chi connectivity index (χ0) is 22.4. The van der Waals surface area contributed by atoms with Crippen molar-refractivity contribution in [3.05, 3.63) is 69.1 Å². The van der Waals surface area contributed by atoms with E-state index in [1.807, 2.05) is 54.8 Å². The van der Waals surface area contributed by atoms with Crippen molar-refractivity contribution in [3.8, 4) is 11.1 Å². The van der Waals surface area contributed by atoms with Gasteiger partial charge in [-0.3, -0.25) is 0 Å². The van der Waals surface area contributed by atoms with Gasteiger partial charge in [0.25, 0.3) is 0 Å². The maximum absolute atomic E-state index is 12.2. The van der Waals surface area contributed by atoms with Crippen molar-refractivity contribution < 1.29 is 9.90 Å². The number of nitriles is 1. The lowest BCUT2D eigenvalue weighted by Gasteiger charge is -2.11. The normalized spacial score (nSPS) is 13.8. The van der Waals surface area contributed by atoms with E-state index in [9.17, 15) is 15.2 Å². The standard InChI is InChI=1S/C25H22N4O2S/c1-14-11-16(12-17(13-26)23-27-19-8-4-5-9-20(19)28-23)15(2)29(14)24-22(25(30)31)18-7-3-6-10-21(18)32-24/h4-5,8-9,11-12H,3,6-7,10H2,1-2H3,(H,27,28)(H,30,31)/b17-12-. The van der Waals surface area contributed by atoms with Crippen LogP contribution in [0.5, 0.6) is 0 Å². The van der Waals surface area contributed by atoms with Crippen LogP contribution in [0.15, 0.2) is 30.3 Å². The van der Waals surface area contributed by atoms with Crippen LogP contribution in [0.1, 0.15) is 56.4 Å². The van der Waals surface area contributed by atoms with E-state index in [-0.39, 0.29) is 0 Å². The number of nitrogens with one attached hydrogen (secondary N) is 1. The average molecular weight is 443 g/mol. The molecule has 0 aliphatic heterocycles. The maximum atomic E-state index is 12.2. The average Bonchev–Trinajstić information content (AvgIpc) is 3.44. The lowest BCUT2D eigenvalue weighted by atomic mass is 9.95. The van der Waals surface area contributed by atoms with Crippen molar-refractivity contribution in [2.75, 3.05) is 0 Å². The lowest BCUT2D eigenvalue weighted by Crippen LogP contribution is -2.09. The molecule has 1 aromatic carbocycles. The topological polar surface area (TPSA) is 94.7 Å². The van der Waals surface area contributed by atoms with E-state index in [4.69, 9.17) is 0 Å². The highest BCUT2D eigenvalue weighted by molar-refractivity contribution is 7.15. The van der Waals surface area contributed by atoms with Gasteiger partial charge in [0.2, 0.25) is 0 Å². The zero-order valence-corrected chi connectivity index (χ0v) is 18.7. The van der Waals surface area contributed by atoms with Gasteiger partial charge in [-0.1, -0.05) is 12.1 Å². The number of aromatic nitrogens is 3. The second-order valence-electron chi connectivity index (χ2n) is 8.13. The minimum Gasteiger partial charge on any atom is -0.478 e. The molecule has 5 rings (SSSR count). The van der Waals surface area contributed by atoms with E-state index in [1.54, 1.807) is 11.3 Å². The minimum absolute atomic E-state index is 0.430. The molecule has 1 aliphatic carbocycles. The van der Waals surface area contributed by atoms with E-state index in [0.717, 1.165) is 64.2 Å².